The van der Waals surface area contributed by atoms with Crippen molar-refractivity contribution in [1.82, 2.24) is 14.8 Å². The molecule has 1 atom stereocenters. The number of halogens is 1. The van der Waals surface area contributed by atoms with Crippen molar-refractivity contribution in [3.05, 3.63) is 80.8 Å². The van der Waals surface area contributed by atoms with Crippen LogP contribution in [-0.4, -0.2) is 20.9 Å². The van der Waals surface area contributed by atoms with E-state index in [2.05, 4.69) is 74.7 Å². The Labute approximate surface area is 172 Å². The first kappa shape index (κ1) is 18.6. The summed E-state index contributed by atoms with van der Waals surface area (Å²) in [6.07, 6.45) is 2.37. The molecule has 0 spiro atoms. The first-order valence-electron chi connectivity index (χ1n) is 9.14. The smallest absolute Gasteiger partial charge is 0.194 e. The molecule has 0 saturated heterocycles. The average Bonchev–Trinajstić information content (AvgIpc) is 2.97. The number of hydrogen-bond donors (Lipinski definition) is 1. The minimum Gasteiger partial charge on any atom is -0.374 e. The Kier molecular flexibility index (Phi) is 5.57. The zero-order chi connectivity index (χ0) is 18.8. The van der Waals surface area contributed by atoms with Gasteiger partial charge in [-0.25, -0.2) is 0 Å². The molecule has 6 heteroatoms. The molecule has 2 aromatic carbocycles. The van der Waals surface area contributed by atoms with Crippen LogP contribution >= 0.6 is 28.1 Å². The molecule has 1 unspecified atom stereocenters. The topological polar surface area (TPSA) is 42.8 Å². The van der Waals surface area contributed by atoms with E-state index in [9.17, 15) is 0 Å². The number of nitrogens with one attached hydrogen (secondary N) is 1. The summed E-state index contributed by atoms with van der Waals surface area (Å²) in [5.74, 6) is 1.69. The van der Waals surface area contributed by atoms with Crippen LogP contribution in [0.25, 0.3) is 0 Å². The number of benzene rings is 2. The third-order valence-electron chi connectivity index (χ3n) is 5.33. The molecule has 0 aliphatic heterocycles. The Morgan fingerprint density at radius 3 is 2.67 bits per heavy atom. The number of rotatable bonds is 6. The van der Waals surface area contributed by atoms with E-state index in [1.807, 2.05) is 17.7 Å². The molecule has 1 aromatic heterocycles. The van der Waals surface area contributed by atoms with E-state index in [4.69, 9.17) is 17.0 Å². The third kappa shape index (κ3) is 4.08. The lowest BCUT2D eigenvalue weighted by Crippen LogP contribution is -2.36. The van der Waals surface area contributed by atoms with E-state index in [1.54, 1.807) is 0 Å². The highest BCUT2D eigenvalue weighted by molar-refractivity contribution is 9.10. The van der Waals surface area contributed by atoms with Crippen LogP contribution in [0.4, 0.5) is 0 Å². The zero-order valence-corrected chi connectivity index (χ0v) is 17.5. The van der Waals surface area contributed by atoms with Gasteiger partial charge in [0, 0.05) is 17.4 Å². The van der Waals surface area contributed by atoms with E-state index in [0.29, 0.717) is 23.4 Å². The molecule has 4 rings (SSSR count). The fourth-order valence-electron chi connectivity index (χ4n) is 3.77. The van der Waals surface area contributed by atoms with Crippen LogP contribution < -0.4 is 0 Å². The average molecular weight is 444 g/mol. The third-order valence-corrected chi connectivity index (χ3v) is 6.19. The summed E-state index contributed by atoms with van der Waals surface area (Å²) >= 11 is 8.94. The summed E-state index contributed by atoms with van der Waals surface area (Å²) in [5, 5.41) is 7.47. The summed E-state index contributed by atoms with van der Waals surface area (Å²) < 4.78 is 9.83. The van der Waals surface area contributed by atoms with Gasteiger partial charge in [-0.1, -0.05) is 58.4 Å². The SMILES string of the molecule is Cn1c(C(c2cccc(Br)c2)C2CC(OCc3ccccc3)C2)n[nH]c1=S. The van der Waals surface area contributed by atoms with E-state index >= 15 is 0 Å². The Hall–Kier alpha value is -1.76. The highest BCUT2D eigenvalue weighted by atomic mass is 79.9. The van der Waals surface area contributed by atoms with Crippen molar-refractivity contribution in [2.75, 3.05) is 0 Å². The van der Waals surface area contributed by atoms with Gasteiger partial charge in [-0.15, -0.1) is 0 Å². The summed E-state index contributed by atoms with van der Waals surface area (Å²) in [7, 11) is 1.98. The second-order valence-electron chi connectivity index (χ2n) is 7.13. The Morgan fingerprint density at radius 2 is 2.00 bits per heavy atom. The Bertz CT molecular complexity index is 963. The van der Waals surface area contributed by atoms with Crippen molar-refractivity contribution in [3.63, 3.8) is 0 Å². The van der Waals surface area contributed by atoms with Crippen molar-refractivity contribution < 1.29 is 4.74 Å². The van der Waals surface area contributed by atoms with Gasteiger partial charge in [0.2, 0.25) is 0 Å². The summed E-state index contributed by atoms with van der Waals surface area (Å²) in [5.41, 5.74) is 2.48. The standard InChI is InChI=1S/C21H22BrN3OS/c1-25-20(23-24-21(25)27)19(15-8-5-9-17(22)10-15)16-11-18(12-16)26-13-14-6-3-2-4-7-14/h2-10,16,18-19H,11-13H2,1H3,(H,24,27). The highest BCUT2D eigenvalue weighted by Crippen LogP contribution is 2.44. The lowest BCUT2D eigenvalue weighted by atomic mass is 9.70. The van der Waals surface area contributed by atoms with Gasteiger partial charge in [0.15, 0.2) is 4.77 Å². The summed E-state index contributed by atoms with van der Waals surface area (Å²) in [4.78, 5) is 0. The molecular formula is C21H22BrN3OS. The van der Waals surface area contributed by atoms with Crippen LogP contribution in [0.3, 0.4) is 0 Å². The normalized spacial score (nSPS) is 20.2. The molecule has 1 aliphatic carbocycles. The maximum absolute atomic E-state index is 6.11. The van der Waals surface area contributed by atoms with Gasteiger partial charge in [-0.05, 0) is 54.2 Å². The van der Waals surface area contributed by atoms with Crippen LogP contribution in [0.5, 0.6) is 0 Å². The van der Waals surface area contributed by atoms with E-state index in [1.165, 1.54) is 11.1 Å². The highest BCUT2D eigenvalue weighted by Gasteiger charge is 2.39. The molecule has 4 nitrogen and oxygen atoms in total. The second kappa shape index (κ2) is 8.09. The van der Waals surface area contributed by atoms with Crippen LogP contribution in [0, 0.1) is 10.7 Å². The number of ether oxygens (including phenoxy) is 1. The largest absolute Gasteiger partial charge is 0.374 e. The van der Waals surface area contributed by atoms with Gasteiger partial charge < -0.3 is 9.30 Å². The molecular weight excluding hydrogens is 422 g/mol. The number of aromatic amines is 1. The fourth-order valence-corrected chi connectivity index (χ4v) is 4.33. The predicted octanol–water partition coefficient (Wildman–Crippen LogP) is 5.37. The number of H-pyrrole nitrogens is 1. The summed E-state index contributed by atoms with van der Waals surface area (Å²) in [6.45, 7) is 0.673. The molecule has 1 fully saturated rings. The van der Waals surface area contributed by atoms with Gasteiger partial charge in [-0.3, -0.25) is 5.10 Å². The van der Waals surface area contributed by atoms with E-state index in [-0.39, 0.29) is 5.92 Å². The van der Waals surface area contributed by atoms with Gasteiger partial charge >= 0.3 is 0 Å². The maximum atomic E-state index is 6.11. The van der Waals surface area contributed by atoms with Gasteiger partial charge in [0.05, 0.1) is 12.7 Å². The molecule has 0 amide bonds. The van der Waals surface area contributed by atoms with Crippen molar-refractivity contribution in [3.8, 4) is 0 Å². The first-order valence-corrected chi connectivity index (χ1v) is 10.3. The lowest BCUT2D eigenvalue weighted by molar-refractivity contribution is -0.0448. The fraction of sp³-hybridized carbons (Fsp3) is 0.333. The zero-order valence-electron chi connectivity index (χ0n) is 15.1. The van der Waals surface area contributed by atoms with Crippen LogP contribution in [0.15, 0.2) is 59.1 Å². The first-order chi connectivity index (χ1) is 13.1. The molecule has 0 radical (unpaired) electrons. The van der Waals surface area contributed by atoms with Crippen LogP contribution in [0.2, 0.25) is 0 Å². The van der Waals surface area contributed by atoms with Gasteiger partial charge in [-0.2, -0.15) is 5.10 Å². The van der Waals surface area contributed by atoms with Crippen molar-refractivity contribution in [2.45, 2.75) is 31.5 Å². The minimum atomic E-state index is 0.206. The number of aromatic nitrogens is 3. The predicted molar refractivity (Wildman–Crippen MR) is 112 cm³/mol. The second-order valence-corrected chi connectivity index (χ2v) is 8.43. The Balaban J connectivity index is 1.49. The van der Waals surface area contributed by atoms with Crippen molar-refractivity contribution in [1.29, 1.82) is 0 Å². The van der Waals surface area contributed by atoms with Crippen LogP contribution in [0.1, 0.15) is 35.7 Å². The molecule has 1 heterocycles. The lowest BCUT2D eigenvalue weighted by Gasteiger charge is -2.40. The van der Waals surface area contributed by atoms with E-state index < -0.39 is 0 Å². The Morgan fingerprint density at radius 1 is 1.22 bits per heavy atom. The summed E-state index contributed by atoms with van der Waals surface area (Å²) in [6, 6.07) is 18.8. The maximum Gasteiger partial charge on any atom is 0.194 e. The quantitative estimate of drug-likeness (QED) is 0.520. The molecule has 1 saturated carbocycles. The number of nitrogens with zero attached hydrogens (tertiary/aromatic N) is 2. The van der Waals surface area contributed by atoms with Gasteiger partial charge in [0.1, 0.15) is 5.82 Å². The van der Waals surface area contributed by atoms with E-state index in [0.717, 1.165) is 23.1 Å². The minimum absolute atomic E-state index is 0.206. The number of hydrogen-bond acceptors (Lipinski definition) is 3. The monoisotopic (exact) mass is 443 g/mol. The van der Waals surface area contributed by atoms with Crippen molar-refractivity contribution >= 4 is 28.1 Å². The molecule has 0 bridgehead atoms. The molecule has 1 aliphatic rings. The van der Waals surface area contributed by atoms with Gasteiger partial charge in [0.25, 0.3) is 0 Å². The molecule has 27 heavy (non-hydrogen) atoms. The molecule has 3 aromatic rings. The molecule has 140 valence electrons. The molecule has 1 N–H and O–H groups in total. The van der Waals surface area contributed by atoms with Crippen LogP contribution in [-0.2, 0) is 18.4 Å². The van der Waals surface area contributed by atoms with Crippen molar-refractivity contribution in [2.24, 2.45) is 13.0 Å².